The Hall–Kier alpha value is -1.13. The number of hydrogen-bond donors (Lipinski definition) is 0. The Balaban J connectivity index is 2.55. The van der Waals surface area contributed by atoms with Crippen LogP contribution < -0.4 is 0 Å². The summed E-state index contributed by atoms with van der Waals surface area (Å²) in [6, 6.07) is 4.35. The van der Waals surface area contributed by atoms with Crippen LogP contribution in [0.3, 0.4) is 0 Å². The average molecular weight is 399 g/mol. The lowest BCUT2D eigenvalue weighted by Gasteiger charge is -2.26. The van der Waals surface area contributed by atoms with Gasteiger partial charge in [0.05, 0.1) is 25.2 Å². The van der Waals surface area contributed by atoms with E-state index < -0.39 is 0 Å². The number of carbonyl (C=O) groups is 1. The van der Waals surface area contributed by atoms with Gasteiger partial charge in [-0.2, -0.15) is 10.5 Å². The molecule has 0 atom stereocenters. The maximum atomic E-state index is 12.7. The topological polar surface area (TPSA) is 77.6 Å². The van der Waals surface area contributed by atoms with E-state index in [1.165, 1.54) is 24.3 Å². The minimum Gasteiger partial charge on any atom is -0.252 e. The first-order valence-electron chi connectivity index (χ1n) is 9.35. The molecule has 1 rings (SSSR count). The predicted molar refractivity (Wildman–Crippen MR) is 107 cm³/mol. The Morgan fingerprint density at radius 1 is 0.885 bits per heavy atom. The van der Waals surface area contributed by atoms with Gasteiger partial charge < -0.3 is 0 Å². The van der Waals surface area contributed by atoms with Crippen molar-refractivity contribution in [3.8, 4) is 12.1 Å². The standard InChI is InChI=1S/C17H30N6OS2/c1-3-5-11-20(13-7-9-18)25-22-15-16-23(17(22)24)26-21(12-6-4-2)14-8-10-19/h3-8,11-16H2,1-2H3. The van der Waals surface area contributed by atoms with Crippen molar-refractivity contribution < 1.29 is 4.79 Å². The number of rotatable bonds is 14. The van der Waals surface area contributed by atoms with Gasteiger partial charge in [0.1, 0.15) is 0 Å². The minimum atomic E-state index is -0.00286. The fourth-order valence-electron chi connectivity index (χ4n) is 2.33. The summed E-state index contributed by atoms with van der Waals surface area (Å²) >= 11 is 2.89. The predicted octanol–water partition coefficient (Wildman–Crippen LogP) is 3.88. The van der Waals surface area contributed by atoms with E-state index in [0.717, 1.165) is 38.8 Å². The number of urea groups is 1. The summed E-state index contributed by atoms with van der Waals surface area (Å²) in [4.78, 5) is 12.7. The second kappa shape index (κ2) is 14.0. The van der Waals surface area contributed by atoms with Gasteiger partial charge in [0.15, 0.2) is 0 Å². The molecule has 0 N–H and O–H groups in total. The number of unbranched alkanes of at least 4 members (excludes halogenated alkanes) is 2. The van der Waals surface area contributed by atoms with Crippen LogP contribution in [0.5, 0.6) is 0 Å². The zero-order valence-electron chi connectivity index (χ0n) is 15.9. The summed E-state index contributed by atoms with van der Waals surface area (Å²) < 4.78 is 7.79. The molecule has 0 saturated carbocycles. The van der Waals surface area contributed by atoms with Gasteiger partial charge in [-0.25, -0.2) is 13.4 Å². The van der Waals surface area contributed by atoms with Gasteiger partial charge in [0, 0.05) is 63.3 Å². The molecule has 26 heavy (non-hydrogen) atoms. The quantitative estimate of drug-likeness (QED) is 0.411. The van der Waals surface area contributed by atoms with Crippen LogP contribution in [0.25, 0.3) is 0 Å². The Labute approximate surface area is 166 Å². The fourth-order valence-corrected chi connectivity index (χ4v) is 4.37. The minimum absolute atomic E-state index is 0.00286. The second-order valence-electron chi connectivity index (χ2n) is 6.03. The molecule has 9 heteroatoms. The molecule has 0 radical (unpaired) electrons. The lowest BCUT2D eigenvalue weighted by Crippen LogP contribution is -2.32. The fraction of sp³-hybridized carbons (Fsp3) is 0.824. The average Bonchev–Trinajstić information content (AvgIpc) is 2.99. The molecule has 1 aliphatic rings. The van der Waals surface area contributed by atoms with Crippen molar-refractivity contribution in [2.45, 2.75) is 52.4 Å². The molecule has 146 valence electrons. The summed E-state index contributed by atoms with van der Waals surface area (Å²) in [7, 11) is 0. The van der Waals surface area contributed by atoms with E-state index in [-0.39, 0.29) is 6.03 Å². The third-order valence-corrected chi connectivity index (χ3v) is 6.09. The SMILES string of the molecule is CCCCN(CCC#N)SN1CCN(SN(CCC#N)CCCC)C1=O. The molecule has 7 nitrogen and oxygen atoms in total. The zero-order chi connectivity index (χ0) is 19.2. The van der Waals surface area contributed by atoms with E-state index in [1.54, 1.807) is 8.61 Å². The smallest absolute Gasteiger partial charge is 0.252 e. The Bertz CT molecular complexity index is 451. The number of amides is 2. The molecule has 2 amide bonds. The van der Waals surface area contributed by atoms with Crippen LogP contribution in [0.4, 0.5) is 4.79 Å². The molecule has 1 heterocycles. The lowest BCUT2D eigenvalue weighted by atomic mass is 10.3. The van der Waals surface area contributed by atoms with Crippen LogP contribution in [-0.2, 0) is 0 Å². The molecule has 0 aromatic rings. The van der Waals surface area contributed by atoms with Crippen LogP contribution in [0, 0.1) is 22.7 Å². The van der Waals surface area contributed by atoms with Crippen molar-refractivity contribution in [3.05, 3.63) is 0 Å². The van der Waals surface area contributed by atoms with Crippen molar-refractivity contribution in [1.82, 2.24) is 17.2 Å². The molecule has 0 bridgehead atoms. The van der Waals surface area contributed by atoms with Crippen LogP contribution in [-0.4, -0.2) is 62.5 Å². The molecular weight excluding hydrogens is 368 g/mol. The largest absolute Gasteiger partial charge is 0.342 e. The Morgan fingerprint density at radius 3 is 1.65 bits per heavy atom. The van der Waals surface area contributed by atoms with Crippen molar-refractivity contribution in [2.24, 2.45) is 0 Å². The molecule has 0 aromatic carbocycles. The maximum absolute atomic E-state index is 12.7. The highest BCUT2D eigenvalue weighted by Gasteiger charge is 2.32. The van der Waals surface area contributed by atoms with Crippen molar-refractivity contribution in [3.63, 3.8) is 0 Å². The van der Waals surface area contributed by atoms with E-state index >= 15 is 0 Å². The summed E-state index contributed by atoms with van der Waals surface area (Å²) in [5, 5.41) is 17.7. The number of nitrogens with zero attached hydrogens (tertiary/aromatic N) is 6. The summed E-state index contributed by atoms with van der Waals surface area (Å²) in [6.07, 6.45) is 5.22. The van der Waals surface area contributed by atoms with Crippen LogP contribution in [0.15, 0.2) is 0 Å². The van der Waals surface area contributed by atoms with Crippen LogP contribution in [0.2, 0.25) is 0 Å². The molecular formula is C17H30N6OS2. The van der Waals surface area contributed by atoms with Gasteiger partial charge in [-0.1, -0.05) is 26.7 Å². The molecule has 1 saturated heterocycles. The Morgan fingerprint density at radius 2 is 1.31 bits per heavy atom. The molecule has 1 fully saturated rings. The first kappa shape index (κ1) is 22.9. The molecule has 1 aliphatic heterocycles. The third kappa shape index (κ3) is 8.50. The van der Waals surface area contributed by atoms with Gasteiger partial charge in [0.25, 0.3) is 0 Å². The zero-order valence-corrected chi connectivity index (χ0v) is 17.5. The molecule has 0 unspecified atom stereocenters. The summed E-state index contributed by atoms with van der Waals surface area (Å²) in [6.45, 7) is 8.72. The maximum Gasteiger partial charge on any atom is 0.342 e. The second-order valence-corrected chi connectivity index (χ2v) is 8.27. The van der Waals surface area contributed by atoms with E-state index in [2.05, 4.69) is 34.6 Å². The van der Waals surface area contributed by atoms with Crippen molar-refractivity contribution >= 4 is 30.3 Å². The summed E-state index contributed by atoms with van der Waals surface area (Å²) in [5.74, 6) is 0. The highest BCUT2D eigenvalue weighted by molar-refractivity contribution is 7.96. The summed E-state index contributed by atoms with van der Waals surface area (Å²) in [5.41, 5.74) is 0. The normalized spacial score (nSPS) is 14.3. The monoisotopic (exact) mass is 398 g/mol. The molecule has 0 aliphatic carbocycles. The first-order valence-corrected chi connectivity index (χ1v) is 10.8. The van der Waals surface area contributed by atoms with Gasteiger partial charge in [0.2, 0.25) is 0 Å². The number of nitriles is 2. The van der Waals surface area contributed by atoms with Crippen LogP contribution in [0.1, 0.15) is 52.4 Å². The van der Waals surface area contributed by atoms with E-state index in [0.29, 0.717) is 39.0 Å². The van der Waals surface area contributed by atoms with E-state index in [1.807, 2.05) is 0 Å². The molecule has 0 aromatic heterocycles. The van der Waals surface area contributed by atoms with Gasteiger partial charge in [-0.05, 0) is 12.8 Å². The highest BCUT2D eigenvalue weighted by Crippen LogP contribution is 2.29. The van der Waals surface area contributed by atoms with E-state index in [4.69, 9.17) is 10.5 Å². The molecule has 0 spiro atoms. The number of carbonyl (C=O) groups excluding carboxylic acids is 1. The third-order valence-electron chi connectivity index (χ3n) is 3.83. The lowest BCUT2D eigenvalue weighted by molar-refractivity contribution is 0.226. The Kier molecular flexibility index (Phi) is 12.3. The van der Waals surface area contributed by atoms with Gasteiger partial charge >= 0.3 is 6.03 Å². The highest BCUT2D eigenvalue weighted by atomic mass is 32.2. The first-order chi connectivity index (χ1) is 12.7. The number of hydrogen-bond acceptors (Lipinski definition) is 7. The van der Waals surface area contributed by atoms with Gasteiger partial charge in [-0.15, -0.1) is 0 Å². The van der Waals surface area contributed by atoms with E-state index in [9.17, 15) is 4.79 Å². The van der Waals surface area contributed by atoms with Crippen molar-refractivity contribution in [1.29, 1.82) is 10.5 Å². The van der Waals surface area contributed by atoms with Crippen LogP contribution >= 0.6 is 24.3 Å². The van der Waals surface area contributed by atoms with Gasteiger partial charge in [-0.3, -0.25) is 8.61 Å². The van der Waals surface area contributed by atoms with Crippen molar-refractivity contribution in [2.75, 3.05) is 39.3 Å².